The Morgan fingerprint density at radius 3 is 2.94 bits per heavy atom. The molecule has 1 rings (SSSR count). The molecule has 84 valence electrons. The second-order valence-corrected chi connectivity index (χ2v) is 2.92. The van der Waals surface area contributed by atoms with E-state index >= 15 is 0 Å². The topological polar surface area (TPSA) is 108 Å². The van der Waals surface area contributed by atoms with E-state index in [2.05, 4.69) is 10.3 Å². The van der Waals surface area contributed by atoms with Crippen LogP contribution < -0.4 is 11.2 Å². The van der Waals surface area contributed by atoms with Gasteiger partial charge in [0, 0.05) is 5.56 Å². The first-order chi connectivity index (χ1) is 7.69. The van der Waals surface area contributed by atoms with Crippen molar-refractivity contribution in [2.75, 3.05) is 18.9 Å². The first-order valence-corrected chi connectivity index (χ1v) is 4.51. The van der Waals surface area contributed by atoms with Crippen molar-refractivity contribution in [1.29, 1.82) is 5.26 Å². The first-order valence-electron chi connectivity index (χ1n) is 4.51. The van der Waals surface area contributed by atoms with Gasteiger partial charge < -0.3 is 10.8 Å². The molecule has 0 saturated carbocycles. The standard InChI is InChI=1S/C10H11N3O3/c11-6-8-2-1-7(5-9(8)12)10(15)13-16-4-3-14/h1-2,5,14H,3-4,12H2,(H,13,15). The molecule has 4 N–H and O–H groups in total. The van der Waals surface area contributed by atoms with E-state index < -0.39 is 5.91 Å². The van der Waals surface area contributed by atoms with Crippen LogP contribution in [-0.2, 0) is 4.84 Å². The number of benzene rings is 1. The Kier molecular flexibility index (Phi) is 4.27. The number of anilines is 1. The van der Waals surface area contributed by atoms with Gasteiger partial charge in [-0.15, -0.1) is 0 Å². The minimum absolute atomic E-state index is 0.0114. The summed E-state index contributed by atoms with van der Waals surface area (Å²) in [4.78, 5) is 16.1. The van der Waals surface area contributed by atoms with E-state index in [4.69, 9.17) is 16.1 Å². The summed E-state index contributed by atoms with van der Waals surface area (Å²) < 4.78 is 0. The molecule has 0 radical (unpaired) electrons. The maximum atomic E-state index is 11.4. The van der Waals surface area contributed by atoms with E-state index in [1.54, 1.807) is 0 Å². The number of nitrogens with zero attached hydrogens (tertiary/aromatic N) is 1. The lowest BCUT2D eigenvalue weighted by Crippen LogP contribution is -2.25. The fraction of sp³-hybridized carbons (Fsp3) is 0.200. The van der Waals surface area contributed by atoms with Crippen LogP contribution in [0.1, 0.15) is 15.9 Å². The molecule has 0 saturated heterocycles. The molecule has 0 unspecified atom stereocenters. The second kappa shape index (κ2) is 5.70. The summed E-state index contributed by atoms with van der Waals surface area (Å²) in [6, 6.07) is 6.20. The van der Waals surface area contributed by atoms with Crippen molar-refractivity contribution < 1.29 is 14.7 Å². The highest BCUT2D eigenvalue weighted by Crippen LogP contribution is 2.12. The lowest BCUT2D eigenvalue weighted by Gasteiger charge is -2.05. The van der Waals surface area contributed by atoms with Gasteiger partial charge in [0.15, 0.2) is 0 Å². The van der Waals surface area contributed by atoms with E-state index in [9.17, 15) is 4.79 Å². The maximum absolute atomic E-state index is 11.4. The molecule has 0 spiro atoms. The zero-order chi connectivity index (χ0) is 12.0. The van der Waals surface area contributed by atoms with Crippen molar-refractivity contribution in [2.24, 2.45) is 0 Å². The second-order valence-electron chi connectivity index (χ2n) is 2.92. The summed E-state index contributed by atoms with van der Waals surface area (Å²) in [5.41, 5.74) is 8.50. The zero-order valence-electron chi connectivity index (χ0n) is 8.43. The molecular weight excluding hydrogens is 210 g/mol. The third-order valence-electron chi connectivity index (χ3n) is 1.79. The highest BCUT2D eigenvalue weighted by atomic mass is 16.7. The molecule has 0 atom stereocenters. The van der Waals surface area contributed by atoms with Crippen LogP contribution in [0.4, 0.5) is 5.69 Å². The van der Waals surface area contributed by atoms with Gasteiger partial charge >= 0.3 is 0 Å². The molecule has 0 aliphatic rings. The molecule has 0 fully saturated rings. The number of hydrogen-bond acceptors (Lipinski definition) is 5. The molecule has 16 heavy (non-hydrogen) atoms. The quantitative estimate of drug-likeness (QED) is 0.370. The molecule has 0 aliphatic heterocycles. The number of aliphatic hydroxyl groups excluding tert-OH is 1. The van der Waals surface area contributed by atoms with Crippen LogP contribution in [0.15, 0.2) is 18.2 Å². The highest BCUT2D eigenvalue weighted by molar-refractivity contribution is 5.94. The van der Waals surface area contributed by atoms with E-state index in [1.165, 1.54) is 18.2 Å². The average molecular weight is 221 g/mol. The molecule has 0 bridgehead atoms. The van der Waals surface area contributed by atoms with Gasteiger partial charge in [-0.05, 0) is 18.2 Å². The molecule has 0 heterocycles. The van der Waals surface area contributed by atoms with Crippen LogP contribution >= 0.6 is 0 Å². The van der Waals surface area contributed by atoms with Crippen LogP contribution in [0.2, 0.25) is 0 Å². The van der Waals surface area contributed by atoms with Crippen molar-refractivity contribution in [2.45, 2.75) is 0 Å². The SMILES string of the molecule is N#Cc1ccc(C(=O)NOCCO)cc1N. The summed E-state index contributed by atoms with van der Waals surface area (Å²) in [6.45, 7) is -0.173. The van der Waals surface area contributed by atoms with Crippen molar-refractivity contribution in [3.8, 4) is 6.07 Å². The van der Waals surface area contributed by atoms with E-state index in [-0.39, 0.29) is 24.5 Å². The third-order valence-corrected chi connectivity index (χ3v) is 1.79. The summed E-state index contributed by atoms with van der Waals surface area (Å²) in [5.74, 6) is -0.482. The van der Waals surface area contributed by atoms with Crippen molar-refractivity contribution in [1.82, 2.24) is 5.48 Å². The Balaban J connectivity index is 2.70. The molecular formula is C10H11N3O3. The highest BCUT2D eigenvalue weighted by Gasteiger charge is 2.07. The van der Waals surface area contributed by atoms with E-state index in [1.807, 2.05) is 6.07 Å². The van der Waals surface area contributed by atoms with Gasteiger partial charge in [-0.3, -0.25) is 9.63 Å². The number of nitrogens with one attached hydrogen (secondary N) is 1. The van der Waals surface area contributed by atoms with Crippen molar-refractivity contribution in [3.63, 3.8) is 0 Å². The van der Waals surface area contributed by atoms with Gasteiger partial charge in [0.2, 0.25) is 0 Å². The number of nitriles is 1. The summed E-state index contributed by atoms with van der Waals surface area (Å²) in [6.07, 6.45) is 0. The Hall–Kier alpha value is -2.10. The van der Waals surface area contributed by atoms with Gasteiger partial charge in [-0.1, -0.05) is 0 Å². The van der Waals surface area contributed by atoms with Crippen LogP contribution in [-0.4, -0.2) is 24.2 Å². The van der Waals surface area contributed by atoms with E-state index in [0.29, 0.717) is 5.56 Å². The summed E-state index contributed by atoms with van der Waals surface area (Å²) in [5, 5.41) is 17.1. The molecule has 6 nitrogen and oxygen atoms in total. The van der Waals surface area contributed by atoms with Crippen LogP contribution in [0.25, 0.3) is 0 Å². The maximum Gasteiger partial charge on any atom is 0.274 e. The number of nitrogens with two attached hydrogens (primary N) is 1. The van der Waals surface area contributed by atoms with Gasteiger partial charge in [-0.25, -0.2) is 5.48 Å². The minimum atomic E-state index is -0.482. The van der Waals surface area contributed by atoms with Gasteiger partial charge in [0.25, 0.3) is 5.91 Å². The average Bonchev–Trinajstić information content (AvgIpc) is 2.29. The number of amides is 1. The van der Waals surface area contributed by atoms with Crippen LogP contribution in [0.5, 0.6) is 0 Å². The molecule has 1 aromatic rings. The van der Waals surface area contributed by atoms with Gasteiger partial charge in [0.05, 0.1) is 24.5 Å². The number of carbonyl (C=O) groups excluding carboxylic acids is 1. The molecule has 1 aromatic carbocycles. The number of aliphatic hydroxyl groups is 1. The lowest BCUT2D eigenvalue weighted by atomic mass is 10.1. The largest absolute Gasteiger partial charge is 0.398 e. The van der Waals surface area contributed by atoms with E-state index in [0.717, 1.165) is 0 Å². The zero-order valence-corrected chi connectivity index (χ0v) is 8.43. The Labute approximate surface area is 92.2 Å². The molecule has 1 amide bonds. The normalized spacial score (nSPS) is 9.50. The molecule has 6 heteroatoms. The number of hydrogen-bond donors (Lipinski definition) is 3. The van der Waals surface area contributed by atoms with Crippen molar-refractivity contribution >= 4 is 11.6 Å². The number of hydroxylamine groups is 1. The lowest BCUT2D eigenvalue weighted by molar-refractivity contribution is 0.0168. The number of carbonyl (C=O) groups is 1. The Morgan fingerprint density at radius 1 is 1.62 bits per heavy atom. The van der Waals surface area contributed by atoms with Gasteiger partial charge in [-0.2, -0.15) is 5.26 Å². The number of rotatable bonds is 4. The Bertz CT molecular complexity index is 426. The third kappa shape index (κ3) is 2.95. The molecule has 0 aromatic heterocycles. The van der Waals surface area contributed by atoms with Crippen molar-refractivity contribution in [3.05, 3.63) is 29.3 Å². The van der Waals surface area contributed by atoms with Gasteiger partial charge in [0.1, 0.15) is 6.07 Å². The minimum Gasteiger partial charge on any atom is -0.398 e. The Morgan fingerprint density at radius 2 is 2.38 bits per heavy atom. The summed E-state index contributed by atoms with van der Waals surface area (Å²) in [7, 11) is 0. The fourth-order valence-corrected chi connectivity index (χ4v) is 1.03. The predicted octanol–water partition coefficient (Wildman–Crippen LogP) is -0.206. The van der Waals surface area contributed by atoms with Crippen LogP contribution in [0, 0.1) is 11.3 Å². The predicted molar refractivity (Wildman–Crippen MR) is 56.1 cm³/mol. The molecule has 0 aliphatic carbocycles. The first kappa shape index (κ1) is 12.0. The fourth-order valence-electron chi connectivity index (χ4n) is 1.03. The summed E-state index contributed by atoms with van der Waals surface area (Å²) >= 11 is 0. The van der Waals surface area contributed by atoms with Crippen LogP contribution in [0.3, 0.4) is 0 Å². The number of nitrogen functional groups attached to an aromatic ring is 1. The monoisotopic (exact) mass is 221 g/mol. The smallest absolute Gasteiger partial charge is 0.274 e.